The van der Waals surface area contributed by atoms with Crippen molar-refractivity contribution in [2.75, 3.05) is 12.9 Å². The monoisotopic (exact) mass is 357 g/mol. The molecular weight excluding hydrogens is 342 g/mol. The molecule has 0 spiro atoms. The van der Waals surface area contributed by atoms with E-state index in [1.165, 1.54) is 11.8 Å². The van der Waals surface area contributed by atoms with E-state index in [1.807, 2.05) is 54.6 Å². The summed E-state index contributed by atoms with van der Waals surface area (Å²) in [7, 11) is 1.63. The van der Waals surface area contributed by atoms with E-state index in [4.69, 9.17) is 9.84 Å². The molecule has 0 bridgehead atoms. The molecule has 4 nitrogen and oxygen atoms in total. The first-order valence-corrected chi connectivity index (χ1v) is 9.02. The third-order valence-electron chi connectivity index (χ3n) is 3.27. The van der Waals surface area contributed by atoms with E-state index >= 15 is 0 Å². The van der Waals surface area contributed by atoms with Gasteiger partial charge in [0.25, 0.3) is 0 Å². The SMILES string of the molecule is COc1ccc(/C=C(\SCC(=O)O)c2nc3ccccc3s2)cc1. The van der Waals surface area contributed by atoms with E-state index in [2.05, 4.69) is 4.98 Å². The maximum atomic E-state index is 11.0. The zero-order chi connectivity index (χ0) is 16.9. The molecule has 0 saturated heterocycles. The summed E-state index contributed by atoms with van der Waals surface area (Å²) in [5.74, 6) is -0.0635. The van der Waals surface area contributed by atoms with Crippen LogP contribution in [0, 0.1) is 0 Å². The number of nitrogens with zero attached hydrogens (tertiary/aromatic N) is 1. The quantitative estimate of drug-likeness (QED) is 0.697. The highest BCUT2D eigenvalue weighted by molar-refractivity contribution is 8.09. The van der Waals surface area contributed by atoms with Crippen molar-refractivity contribution in [3.63, 3.8) is 0 Å². The number of hydrogen-bond acceptors (Lipinski definition) is 5. The summed E-state index contributed by atoms with van der Waals surface area (Å²) < 4.78 is 6.25. The molecule has 3 aromatic rings. The van der Waals surface area contributed by atoms with Crippen molar-refractivity contribution in [2.45, 2.75) is 0 Å². The second kappa shape index (κ2) is 7.51. The van der Waals surface area contributed by atoms with Crippen LogP contribution in [0.2, 0.25) is 0 Å². The molecule has 1 N–H and O–H groups in total. The van der Waals surface area contributed by atoms with Crippen molar-refractivity contribution >= 4 is 50.3 Å². The predicted molar refractivity (Wildman–Crippen MR) is 101 cm³/mol. The Kier molecular flexibility index (Phi) is 5.17. The fourth-order valence-corrected chi connectivity index (χ4v) is 3.98. The van der Waals surface area contributed by atoms with Crippen molar-refractivity contribution in [1.29, 1.82) is 0 Å². The van der Waals surface area contributed by atoms with Gasteiger partial charge in [-0.3, -0.25) is 4.79 Å². The average Bonchev–Trinajstić information content (AvgIpc) is 3.03. The summed E-state index contributed by atoms with van der Waals surface area (Å²) in [5.41, 5.74) is 1.90. The van der Waals surface area contributed by atoms with Crippen LogP contribution >= 0.6 is 23.1 Å². The largest absolute Gasteiger partial charge is 0.497 e. The van der Waals surface area contributed by atoms with Crippen LogP contribution in [-0.2, 0) is 4.79 Å². The number of fused-ring (bicyclic) bond motifs is 1. The maximum absolute atomic E-state index is 11.0. The predicted octanol–water partition coefficient (Wildman–Crippen LogP) is 4.62. The molecule has 0 fully saturated rings. The second-order valence-corrected chi connectivity index (χ2v) is 7.00. The first-order valence-electron chi connectivity index (χ1n) is 7.22. The van der Waals surface area contributed by atoms with Gasteiger partial charge in [0.05, 0.1) is 23.1 Å². The second-order valence-electron chi connectivity index (χ2n) is 4.95. The normalized spacial score (nSPS) is 11.6. The molecular formula is C18H15NO3S2. The van der Waals surface area contributed by atoms with E-state index in [-0.39, 0.29) is 5.75 Å². The van der Waals surface area contributed by atoms with E-state index in [1.54, 1.807) is 18.4 Å². The van der Waals surface area contributed by atoms with Gasteiger partial charge in [-0.1, -0.05) is 24.3 Å². The van der Waals surface area contributed by atoms with Crippen LogP contribution in [-0.4, -0.2) is 28.9 Å². The first kappa shape index (κ1) is 16.5. The summed E-state index contributed by atoms with van der Waals surface area (Å²) in [6.45, 7) is 0. The fourth-order valence-electron chi connectivity index (χ4n) is 2.13. The summed E-state index contributed by atoms with van der Waals surface area (Å²) >= 11 is 2.85. The number of methoxy groups -OCH3 is 1. The molecule has 0 aliphatic heterocycles. The van der Waals surface area contributed by atoms with Crippen LogP contribution in [0.5, 0.6) is 5.75 Å². The smallest absolute Gasteiger partial charge is 0.313 e. The number of ether oxygens (including phenoxy) is 1. The van der Waals surface area contributed by atoms with Gasteiger partial charge in [0.15, 0.2) is 0 Å². The molecule has 0 aliphatic carbocycles. The maximum Gasteiger partial charge on any atom is 0.313 e. The zero-order valence-corrected chi connectivity index (χ0v) is 14.6. The lowest BCUT2D eigenvalue weighted by Crippen LogP contribution is -1.98. The Morgan fingerprint density at radius 1 is 1.25 bits per heavy atom. The standard InChI is InChI=1S/C18H15NO3S2/c1-22-13-8-6-12(7-9-13)10-16(23-11-17(20)21)18-19-14-4-2-3-5-15(14)24-18/h2-10H,11H2,1H3,(H,20,21)/b16-10-. The molecule has 2 aromatic carbocycles. The van der Waals surface area contributed by atoms with Crippen LogP contribution in [0.15, 0.2) is 48.5 Å². The highest BCUT2D eigenvalue weighted by atomic mass is 32.2. The van der Waals surface area contributed by atoms with Gasteiger partial charge < -0.3 is 9.84 Å². The molecule has 1 heterocycles. The third-order valence-corrected chi connectivity index (χ3v) is 5.48. The minimum absolute atomic E-state index is 0.00207. The van der Waals surface area contributed by atoms with E-state index < -0.39 is 5.97 Å². The number of carboxylic acids is 1. The number of benzene rings is 2. The van der Waals surface area contributed by atoms with Gasteiger partial charge in [0.1, 0.15) is 10.8 Å². The Morgan fingerprint density at radius 3 is 2.67 bits per heavy atom. The molecule has 0 radical (unpaired) electrons. The Bertz CT molecular complexity index is 852. The van der Waals surface area contributed by atoms with Crippen molar-refractivity contribution in [2.24, 2.45) is 0 Å². The highest BCUT2D eigenvalue weighted by Crippen LogP contribution is 2.35. The van der Waals surface area contributed by atoms with E-state index in [0.717, 1.165) is 31.4 Å². The first-order chi connectivity index (χ1) is 11.7. The minimum Gasteiger partial charge on any atom is -0.497 e. The molecule has 122 valence electrons. The lowest BCUT2D eigenvalue weighted by Gasteiger charge is -2.04. The molecule has 0 atom stereocenters. The Balaban J connectivity index is 1.97. The Morgan fingerprint density at radius 2 is 2.00 bits per heavy atom. The van der Waals surface area contributed by atoms with Crippen molar-refractivity contribution in [3.8, 4) is 5.75 Å². The minimum atomic E-state index is -0.846. The number of carbonyl (C=O) groups is 1. The number of thioether (sulfide) groups is 1. The van der Waals surface area contributed by atoms with Gasteiger partial charge >= 0.3 is 5.97 Å². The Labute approximate surface area is 147 Å². The fraction of sp³-hybridized carbons (Fsp3) is 0.111. The van der Waals surface area contributed by atoms with Gasteiger partial charge in [-0.15, -0.1) is 23.1 Å². The molecule has 0 unspecified atom stereocenters. The molecule has 6 heteroatoms. The molecule has 0 saturated carbocycles. The van der Waals surface area contributed by atoms with Crippen LogP contribution in [0.25, 0.3) is 21.2 Å². The third kappa shape index (κ3) is 3.96. The van der Waals surface area contributed by atoms with E-state index in [9.17, 15) is 4.79 Å². The molecule has 1 aromatic heterocycles. The summed E-state index contributed by atoms with van der Waals surface area (Å²) in [4.78, 5) is 16.4. The molecule has 0 aliphatic rings. The van der Waals surface area contributed by atoms with Crippen molar-refractivity contribution in [1.82, 2.24) is 4.98 Å². The van der Waals surface area contributed by atoms with Gasteiger partial charge in [0, 0.05) is 4.91 Å². The van der Waals surface area contributed by atoms with Crippen molar-refractivity contribution < 1.29 is 14.6 Å². The van der Waals surface area contributed by atoms with Crippen molar-refractivity contribution in [3.05, 3.63) is 59.1 Å². The number of carboxylic acid groups (broad SMARTS) is 1. The average molecular weight is 357 g/mol. The molecule has 3 rings (SSSR count). The Hall–Kier alpha value is -2.31. The van der Waals surface area contributed by atoms with E-state index in [0.29, 0.717) is 0 Å². The lowest BCUT2D eigenvalue weighted by atomic mass is 10.2. The highest BCUT2D eigenvalue weighted by Gasteiger charge is 2.11. The number of thiazole rings is 1. The summed E-state index contributed by atoms with van der Waals surface area (Å²) in [6.07, 6.45) is 1.96. The van der Waals surface area contributed by atoms with Gasteiger partial charge in [0.2, 0.25) is 0 Å². The number of para-hydroxylation sites is 1. The zero-order valence-electron chi connectivity index (χ0n) is 12.9. The number of aliphatic carboxylic acids is 1. The number of aromatic nitrogens is 1. The summed E-state index contributed by atoms with van der Waals surface area (Å²) in [5, 5.41) is 9.83. The number of rotatable bonds is 6. The van der Waals surface area contributed by atoms with Crippen LogP contribution in [0.1, 0.15) is 10.6 Å². The number of hydrogen-bond donors (Lipinski definition) is 1. The van der Waals surface area contributed by atoms with Crippen LogP contribution < -0.4 is 4.74 Å². The molecule has 0 amide bonds. The lowest BCUT2D eigenvalue weighted by molar-refractivity contribution is -0.133. The van der Waals surface area contributed by atoms with Gasteiger partial charge in [-0.25, -0.2) is 4.98 Å². The topological polar surface area (TPSA) is 59.4 Å². The van der Waals surface area contributed by atoms with Crippen LogP contribution in [0.3, 0.4) is 0 Å². The molecule has 24 heavy (non-hydrogen) atoms. The van der Waals surface area contributed by atoms with Crippen LogP contribution in [0.4, 0.5) is 0 Å². The summed E-state index contributed by atoms with van der Waals surface area (Å²) in [6, 6.07) is 15.5. The van der Waals surface area contributed by atoms with Gasteiger partial charge in [-0.2, -0.15) is 0 Å². The van der Waals surface area contributed by atoms with Gasteiger partial charge in [-0.05, 0) is 35.9 Å².